The van der Waals surface area contributed by atoms with E-state index in [0.717, 1.165) is 38.0 Å². The lowest BCUT2D eigenvalue weighted by Gasteiger charge is -2.33. The molecule has 0 spiro atoms. The highest BCUT2D eigenvalue weighted by Gasteiger charge is 2.31. The van der Waals surface area contributed by atoms with Gasteiger partial charge in [0.05, 0.1) is 34.9 Å². The van der Waals surface area contributed by atoms with Crippen molar-refractivity contribution in [3.8, 4) is 22.9 Å². The molecule has 1 aliphatic rings. The van der Waals surface area contributed by atoms with E-state index in [1.165, 1.54) is 4.50 Å². The molecule has 42 heavy (non-hydrogen) atoms. The zero-order valence-corrected chi connectivity index (χ0v) is 26.2. The third kappa shape index (κ3) is 5.41. The Balaban J connectivity index is 1.33. The smallest absolute Gasteiger partial charge is 0.228 e. The second kappa shape index (κ2) is 11.3. The zero-order chi connectivity index (χ0) is 29.4. The fourth-order valence-electron chi connectivity index (χ4n) is 4.80. The molecule has 0 radical (unpaired) electrons. The van der Waals surface area contributed by atoms with Gasteiger partial charge in [-0.2, -0.15) is 5.10 Å². The Hall–Kier alpha value is -4.09. The molecule has 3 N–H and O–H groups in total. The molecule has 4 heterocycles. The van der Waals surface area contributed by atoms with E-state index in [2.05, 4.69) is 52.0 Å². The van der Waals surface area contributed by atoms with Crippen LogP contribution in [0.25, 0.3) is 11.3 Å². The lowest BCUT2D eigenvalue weighted by atomic mass is 9.98. The van der Waals surface area contributed by atoms with Gasteiger partial charge in [0.1, 0.15) is 17.6 Å². The molecule has 11 heteroatoms. The number of nitrogens with zero attached hydrogens (tertiary/aromatic N) is 5. The highest BCUT2D eigenvalue weighted by molar-refractivity contribution is 7.28. The zero-order valence-electron chi connectivity index (χ0n) is 23.7. The minimum Gasteiger partial charge on any atom is -0.438 e. The summed E-state index contributed by atoms with van der Waals surface area (Å²) in [6.45, 7) is 6.91. The molecular formula is C31H30ClN7OSSi. The molecule has 6 rings (SSSR count). The van der Waals surface area contributed by atoms with E-state index in [1.54, 1.807) is 30.8 Å². The molecule has 1 atom stereocenters. The topological polar surface area (TPSA) is 102 Å². The van der Waals surface area contributed by atoms with Crippen LogP contribution in [-0.2, 0) is 0 Å². The number of hydrogen-bond acceptors (Lipinski definition) is 9. The van der Waals surface area contributed by atoms with Crippen LogP contribution in [0.3, 0.4) is 0 Å². The van der Waals surface area contributed by atoms with Crippen molar-refractivity contribution in [2.24, 2.45) is 10.8 Å². The molecule has 212 valence electrons. The number of hydrazone groups is 1. The van der Waals surface area contributed by atoms with Gasteiger partial charge in [0.25, 0.3) is 0 Å². The van der Waals surface area contributed by atoms with E-state index in [4.69, 9.17) is 27.2 Å². The molecule has 0 amide bonds. The summed E-state index contributed by atoms with van der Waals surface area (Å²) in [4.78, 5) is 14.2. The summed E-state index contributed by atoms with van der Waals surface area (Å²) < 4.78 is 7.48. The van der Waals surface area contributed by atoms with Crippen molar-refractivity contribution in [2.75, 3.05) is 17.4 Å². The van der Waals surface area contributed by atoms with E-state index < -0.39 is 14.2 Å². The van der Waals surface area contributed by atoms with Crippen LogP contribution in [0.5, 0.6) is 11.6 Å². The number of anilines is 2. The molecular weight excluding hydrogens is 582 g/mol. The SMILES string of the molecule is CNc1nccc(-c2cccnc2Oc2ccc(N3N=C(c4cc(Cl)c([Si](C)(C)C)s4)c4ccccc4C3N)cc2)n1. The van der Waals surface area contributed by atoms with Gasteiger partial charge >= 0.3 is 0 Å². The lowest BCUT2D eigenvalue weighted by Crippen LogP contribution is -2.37. The molecule has 1 unspecified atom stereocenters. The van der Waals surface area contributed by atoms with Gasteiger partial charge in [0.15, 0.2) is 0 Å². The van der Waals surface area contributed by atoms with Gasteiger partial charge in [-0.15, -0.1) is 11.3 Å². The number of pyridine rings is 1. The van der Waals surface area contributed by atoms with Gasteiger partial charge in [0, 0.05) is 35.1 Å². The second-order valence-corrected chi connectivity index (χ2v) is 17.7. The second-order valence-electron chi connectivity index (χ2n) is 10.8. The largest absolute Gasteiger partial charge is 0.438 e. The van der Waals surface area contributed by atoms with Crippen molar-refractivity contribution in [3.05, 3.63) is 106 Å². The molecule has 0 bridgehead atoms. The van der Waals surface area contributed by atoms with Crippen LogP contribution < -0.4 is 25.3 Å². The number of fused-ring (bicyclic) bond motifs is 1. The van der Waals surface area contributed by atoms with Gasteiger partial charge in [-0.3, -0.25) is 0 Å². The standard InChI is InChI=1S/C31H30ClN7OSSi/c1-34-31-36-17-15-25(37-31)23-10-7-16-35-29(23)40-20-13-11-19(12-14-20)39-28(33)22-9-6-5-8-21(22)27(38-39)26-18-24(32)30(41-26)42(2,3)4/h5-18,28H,33H2,1-4H3,(H,34,36,37). The molecule has 3 aromatic heterocycles. The number of ether oxygens (including phenoxy) is 1. The fraction of sp³-hybridized carbons (Fsp3) is 0.161. The fourth-order valence-corrected chi connectivity index (χ4v) is 9.08. The van der Waals surface area contributed by atoms with Gasteiger partial charge in [-0.25, -0.2) is 20.0 Å². The number of nitrogens with two attached hydrogens (primary N) is 1. The number of aromatic nitrogens is 3. The Morgan fingerprint density at radius 2 is 1.71 bits per heavy atom. The van der Waals surface area contributed by atoms with Crippen LogP contribution >= 0.6 is 22.9 Å². The van der Waals surface area contributed by atoms with E-state index in [1.807, 2.05) is 65.7 Å². The lowest BCUT2D eigenvalue weighted by molar-refractivity contribution is 0.464. The Kier molecular flexibility index (Phi) is 7.54. The van der Waals surface area contributed by atoms with Crippen molar-refractivity contribution < 1.29 is 4.74 Å². The van der Waals surface area contributed by atoms with Crippen molar-refractivity contribution >= 4 is 52.9 Å². The first-order valence-corrected chi connectivity index (χ1v) is 18.2. The number of halogens is 1. The number of benzene rings is 2. The third-order valence-corrected chi connectivity index (χ3v) is 12.1. The Labute approximate surface area is 254 Å². The molecule has 5 aromatic rings. The third-order valence-electron chi connectivity index (χ3n) is 6.85. The van der Waals surface area contributed by atoms with Crippen LogP contribution in [0.4, 0.5) is 11.6 Å². The first-order chi connectivity index (χ1) is 20.2. The maximum Gasteiger partial charge on any atom is 0.228 e. The van der Waals surface area contributed by atoms with Crippen LogP contribution in [0.15, 0.2) is 90.3 Å². The Bertz CT molecular complexity index is 1790. The predicted octanol–water partition coefficient (Wildman–Crippen LogP) is 6.86. The summed E-state index contributed by atoms with van der Waals surface area (Å²) >= 11 is 8.46. The highest BCUT2D eigenvalue weighted by atomic mass is 35.5. The first kappa shape index (κ1) is 28.0. The monoisotopic (exact) mass is 611 g/mol. The predicted molar refractivity (Wildman–Crippen MR) is 175 cm³/mol. The molecule has 2 aromatic carbocycles. The number of rotatable bonds is 7. The van der Waals surface area contributed by atoms with Crippen molar-refractivity contribution in [3.63, 3.8) is 0 Å². The van der Waals surface area contributed by atoms with E-state index in [9.17, 15) is 0 Å². The van der Waals surface area contributed by atoms with E-state index >= 15 is 0 Å². The highest BCUT2D eigenvalue weighted by Crippen LogP contribution is 2.36. The van der Waals surface area contributed by atoms with E-state index in [0.29, 0.717) is 23.3 Å². The average Bonchev–Trinajstić information content (AvgIpc) is 3.40. The van der Waals surface area contributed by atoms with Crippen LogP contribution in [0.2, 0.25) is 24.7 Å². The summed E-state index contributed by atoms with van der Waals surface area (Å²) in [5.74, 6) is 1.59. The van der Waals surface area contributed by atoms with Gasteiger partial charge < -0.3 is 15.8 Å². The van der Waals surface area contributed by atoms with Gasteiger partial charge in [0.2, 0.25) is 11.8 Å². The maximum absolute atomic E-state index is 6.78. The van der Waals surface area contributed by atoms with Crippen molar-refractivity contribution in [1.82, 2.24) is 15.0 Å². The summed E-state index contributed by atoms with van der Waals surface area (Å²) in [6, 6.07) is 23.5. The summed E-state index contributed by atoms with van der Waals surface area (Å²) in [5, 5.41) is 10.7. The molecule has 1 aliphatic heterocycles. The van der Waals surface area contributed by atoms with E-state index in [-0.39, 0.29) is 0 Å². The van der Waals surface area contributed by atoms with Gasteiger partial charge in [-0.1, -0.05) is 55.5 Å². The minimum absolute atomic E-state index is 0.447. The summed E-state index contributed by atoms with van der Waals surface area (Å²) in [5.41, 5.74) is 12.0. The molecule has 0 aliphatic carbocycles. The quantitative estimate of drug-likeness (QED) is 0.194. The van der Waals surface area contributed by atoms with Gasteiger partial charge in [-0.05, 0) is 48.5 Å². The number of nitrogens with one attached hydrogen (secondary N) is 1. The number of thiophene rings is 1. The molecule has 0 saturated heterocycles. The Morgan fingerprint density at radius 3 is 2.45 bits per heavy atom. The van der Waals surface area contributed by atoms with Crippen LogP contribution in [-0.4, -0.2) is 35.8 Å². The first-order valence-electron chi connectivity index (χ1n) is 13.5. The summed E-state index contributed by atoms with van der Waals surface area (Å²) in [6.07, 6.45) is 2.94. The minimum atomic E-state index is -1.61. The molecule has 0 fully saturated rings. The van der Waals surface area contributed by atoms with Crippen molar-refractivity contribution in [2.45, 2.75) is 25.8 Å². The maximum atomic E-state index is 6.78. The molecule has 0 saturated carbocycles. The Morgan fingerprint density at radius 1 is 0.952 bits per heavy atom. The number of hydrogen-bond donors (Lipinski definition) is 2. The normalized spacial score (nSPS) is 14.8. The van der Waals surface area contributed by atoms with Crippen molar-refractivity contribution in [1.29, 1.82) is 0 Å². The molecule has 8 nitrogen and oxygen atoms in total. The average molecular weight is 612 g/mol. The van der Waals surface area contributed by atoms with Crippen LogP contribution in [0, 0.1) is 0 Å². The summed E-state index contributed by atoms with van der Waals surface area (Å²) in [7, 11) is 0.167. The van der Waals surface area contributed by atoms with Crippen LogP contribution in [0.1, 0.15) is 22.2 Å².